The maximum atomic E-state index is 12.7. The molecular formula is C19H17N3O. The number of fused-ring (bicyclic) bond motifs is 2. The Bertz CT molecular complexity index is 922. The molecule has 0 spiro atoms. The summed E-state index contributed by atoms with van der Waals surface area (Å²) in [5.74, 6) is -0.369. The molecule has 0 saturated heterocycles. The SMILES string of the molecule is CNC(=O)C(c1c[nH]c2ccccc12)c1c[nH]c2ccccc12. The standard InChI is InChI=1S/C19H17N3O/c1-20-19(23)18(14-10-21-16-8-4-2-6-12(14)16)15-11-22-17-9-5-3-7-13(15)17/h2-11,18,21-22H,1H3,(H,20,23). The van der Waals surface area contributed by atoms with Crippen LogP contribution in [0, 0.1) is 0 Å². The van der Waals surface area contributed by atoms with Gasteiger partial charge in [-0.2, -0.15) is 0 Å². The van der Waals surface area contributed by atoms with Crippen LogP contribution in [0.2, 0.25) is 0 Å². The number of H-pyrrole nitrogens is 2. The molecule has 4 aromatic rings. The molecule has 0 aliphatic carbocycles. The van der Waals surface area contributed by atoms with Crippen LogP contribution >= 0.6 is 0 Å². The van der Waals surface area contributed by atoms with Crippen molar-refractivity contribution >= 4 is 27.7 Å². The summed E-state index contributed by atoms with van der Waals surface area (Å²) in [5.41, 5.74) is 4.06. The van der Waals surface area contributed by atoms with E-state index in [2.05, 4.69) is 15.3 Å². The fourth-order valence-corrected chi connectivity index (χ4v) is 3.26. The van der Waals surface area contributed by atoms with Crippen molar-refractivity contribution in [2.45, 2.75) is 5.92 Å². The van der Waals surface area contributed by atoms with Crippen LogP contribution in [0.4, 0.5) is 0 Å². The van der Waals surface area contributed by atoms with Gasteiger partial charge >= 0.3 is 0 Å². The van der Waals surface area contributed by atoms with Crippen LogP contribution in [0.1, 0.15) is 17.0 Å². The largest absolute Gasteiger partial charge is 0.361 e. The molecule has 4 heteroatoms. The van der Waals surface area contributed by atoms with Crippen LogP contribution < -0.4 is 5.32 Å². The summed E-state index contributed by atoms with van der Waals surface area (Å²) in [5, 5.41) is 4.96. The number of nitrogens with one attached hydrogen (secondary N) is 3. The molecule has 2 aromatic carbocycles. The number of hydrogen-bond acceptors (Lipinski definition) is 1. The zero-order chi connectivity index (χ0) is 15.8. The molecule has 4 rings (SSSR count). The molecule has 114 valence electrons. The first-order valence-electron chi connectivity index (χ1n) is 7.63. The van der Waals surface area contributed by atoms with Gasteiger partial charge in [0.05, 0.1) is 5.92 Å². The first-order valence-corrected chi connectivity index (χ1v) is 7.63. The Hall–Kier alpha value is -3.01. The first-order chi connectivity index (χ1) is 11.3. The van der Waals surface area contributed by atoms with Crippen LogP contribution in [-0.4, -0.2) is 22.9 Å². The Kier molecular flexibility index (Phi) is 3.15. The van der Waals surface area contributed by atoms with Crippen molar-refractivity contribution in [3.05, 3.63) is 72.1 Å². The molecule has 0 aliphatic heterocycles. The predicted molar refractivity (Wildman–Crippen MR) is 92.5 cm³/mol. The van der Waals surface area contributed by atoms with E-state index in [1.807, 2.05) is 60.9 Å². The minimum absolute atomic E-state index is 0.0143. The highest BCUT2D eigenvalue weighted by Crippen LogP contribution is 2.34. The number of benzene rings is 2. The average Bonchev–Trinajstić information content (AvgIpc) is 3.20. The smallest absolute Gasteiger partial charge is 0.231 e. The van der Waals surface area contributed by atoms with Gasteiger partial charge in [0.1, 0.15) is 0 Å². The first kappa shape index (κ1) is 13.6. The summed E-state index contributed by atoms with van der Waals surface area (Å²) in [6.07, 6.45) is 3.87. The topological polar surface area (TPSA) is 60.7 Å². The molecule has 2 heterocycles. The van der Waals surface area contributed by atoms with Gasteiger partial charge in [0.25, 0.3) is 0 Å². The Labute approximate surface area is 133 Å². The molecule has 0 bridgehead atoms. The van der Waals surface area contributed by atoms with Crippen LogP contribution in [-0.2, 0) is 4.79 Å². The number of likely N-dealkylation sites (N-methyl/N-ethyl adjacent to an activating group) is 1. The van der Waals surface area contributed by atoms with Crippen molar-refractivity contribution in [3.63, 3.8) is 0 Å². The van der Waals surface area contributed by atoms with E-state index in [-0.39, 0.29) is 11.8 Å². The molecule has 0 aliphatic rings. The number of carbonyl (C=O) groups is 1. The molecule has 2 aromatic heterocycles. The van der Waals surface area contributed by atoms with Crippen LogP contribution in [0.15, 0.2) is 60.9 Å². The summed E-state index contributed by atoms with van der Waals surface area (Å²) in [6.45, 7) is 0. The van der Waals surface area contributed by atoms with Crippen molar-refractivity contribution in [2.24, 2.45) is 0 Å². The number of aromatic nitrogens is 2. The molecule has 0 atom stereocenters. The number of carbonyl (C=O) groups excluding carboxylic acids is 1. The lowest BCUT2D eigenvalue weighted by Crippen LogP contribution is -2.26. The van der Waals surface area contributed by atoms with Gasteiger partial charge in [0, 0.05) is 41.2 Å². The average molecular weight is 303 g/mol. The number of hydrogen-bond donors (Lipinski definition) is 3. The van der Waals surface area contributed by atoms with Crippen molar-refractivity contribution in [1.82, 2.24) is 15.3 Å². The third-order valence-electron chi connectivity index (χ3n) is 4.37. The second-order valence-electron chi connectivity index (χ2n) is 5.63. The normalized spacial score (nSPS) is 11.4. The monoisotopic (exact) mass is 303 g/mol. The lowest BCUT2D eigenvalue weighted by Gasteiger charge is -2.14. The predicted octanol–water partition coefficient (Wildman–Crippen LogP) is 3.53. The Balaban J connectivity index is 1.97. The molecular weight excluding hydrogens is 286 g/mol. The van der Waals surface area contributed by atoms with Gasteiger partial charge in [-0.25, -0.2) is 0 Å². The molecule has 23 heavy (non-hydrogen) atoms. The molecule has 0 saturated carbocycles. The fraction of sp³-hybridized carbons (Fsp3) is 0.105. The van der Waals surface area contributed by atoms with Gasteiger partial charge in [-0.3, -0.25) is 4.79 Å². The third-order valence-corrected chi connectivity index (χ3v) is 4.37. The van der Waals surface area contributed by atoms with E-state index in [0.29, 0.717) is 0 Å². The maximum absolute atomic E-state index is 12.7. The van der Waals surface area contributed by atoms with E-state index in [0.717, 1.165) is 32.9 Å². The molecule has 0 unspecified atom stereocenters. The summed E-state index contributed by atoms with van der Waals surface area (Å²) in [6, 6.07) is 16.1. The van der Waals surface area contributed by atoms with E-state index in [1.54, 1.807) is 7.05 Å². The summed E-state index contributed by atoms with van der Waals surface area (Å²) >= 11 is 0. The van der Waals surface area contributed by atoms with Gasteiger partial charge < -0.3 is 15.3 Å². The van der Waals surface area contributed by atoms with Crippen molar-refractivity contribution in [3.8, 4) is 0 Å². The molecule has 3 N–H and O–H groups in total. The summed E-state index contributed by atoms with van der Waals surface area (Å²) in [4.78, 5) is 19.2. The zero-order valence-corrected chi connectivity index (χ0v) is 12.8. The molecule has 4 nitrogen and oxygen atoms in total. The molecule has 1 amide bonds. The van der Waals surface area contributed by atoms with Gasteiger partial charge in [0.15, 0.2) is 0 Å². The highest BCUT2D eigenvalue weighted by molar-refractivity contribution is 5.98. The minimum Gasteiger partial charge on any atom is -0.361 e. The van der Waals surface area contributed by atoms with E-state index in [1.165, 1.54) is 0 Å². The quantitative estimate of drug-likeness (QED) is 0.533. The van der Waals surface area contributed by atoms with Crippen molar-refractivity contribution in [1.29, 1.82) is 0 Å². The lowest BCUT2D eigenvalue weighted by molar-refractivity contribution is -0.121. The number of para-hydroxylation sites is 2. The molecule has 0 radical (unpaired) electrons. The van der Waals surface area contributed by atoms with Crippen LogP contribution in [0.5, 0.6) is 0 Å². The van der Waals surface area contributed by atoms with Gasteiger partial charge in [-0.15, -0.1) is 0 Å². The van der Waals surface area contributed by atoms with E-state index >= 15 is 0 Å². The van der Waals surface area contributed by atoms with Crippen molar-refractivity contribution < 1.29 is 4.79 Å². The maximum Gasteiger partial charge on any atom is 0.231 e. The number of aromatic amines is 2. The number of rotatable bonds is 3. The Morgan fingerprint density at radius 1 is 0.870 bits per heavy atom. The van der Waals surface area contributed by atoms with Gasteiger partial charge in [-0.05, 0) is 23.3 Å². The summed E-state index contributed by atoms with van der Waals surface area (Å²) < 4.78 is 0. The molecule has 0 fully saturated rings. The van der Waals surface area contributed by atoms with E-state index < -0.39 is 0 Å². The lowest BCUT2D eigenvalue weighted by atomic mass is 9.90. The van der Waals surface area contributed by atoms with Crippen molar-refractivity contribution in [2.75, 3.05) is 7.05 Å². The second kappa shape index (κ2) is 5.32. The Morgan fingerprint density at radius 2 is 1.35 bits per heavy atom. The summed E-state index contributed by atoms with van der Waals surface area (Å²) in [7, 11) is 1.68. The third kappa shape index (κ3) is 2.11. The highest BCUT2D eigenvalue weighted by atomic mass is 16.1. The Morgan fingerprint density at radius 3 is 1.83 bits per heavy atom. The second-order valence-corrected chi connectivity index (χ2v) is 5.63. The van der Waals surface area contributed by atoms with Crippen LogP contribution in [0.25, 0.3) is 21.8 Å². The highest BCUT2D eigenvalue weighted by Gasteiger charge is 2.26. The fourth-order valence-electron chi connectivity index (χ4n) is 3.26. The van der Waals surface area contributed by atoms with E-state index in [4.69, 9.17) is 0 Å². The number of amides is 1. The van der Waals surface area contributed by atoms with Gasteiger partial charge in [-0.1, -0.05) is 36.4 Å². The van der Waals surface area contributed by atoms with E-state index in [9.17, 15) is 4.79 Å². The van der Waals surface area contributed by atoms with Crippen LogP contribution in [0.3, 0.4) is 0 Å². The minimum atomic E-state index is -0.354. The zero-order valence-electron chi connectivity index (χ0n) is 12.8. The van der Waals surface area contributed by atoms with Gasteiger partial charge in [0.2, 0.25) is 5.91 Å².